The van der Waals surface area contributed by atoms with Gasteiger partial charge >= 0.3 is 0 Å². The second-order valence-electron chi connectivity index (χ2n) is 7.03. The Morgan fingerprint density at radius 1 is 1.00 bits per heavy atom. The molecule has 0 saturated carbocycles. The molecule has 0 aliphatic carbocycles. The van der Waals surface area contributed by atoms with Crippen LogP contribution in [-0.4, -0.2) is 27.0 Å². The van der Waals surface area contributed by atoms with Crippen molar-refractivity contribution in [3.8, 4) is 11.4 Å². The Labute approximate surface area is 163 Å². The molecule has 0 saturated heterocycles. The number of carbonyl (C=O) groups excluding carboxylic acids is 1. The first-order valence-corrected chi connectivity index (χ1v) is 9.55. The van der Waals surface area contributed by atoms with Gasteiger partial charge in [0, 0.05) is 30.2 Å². The Balaban J connectivity index is 1.56. The highest BCUT2D eigenvalue weighted by atomic mass is 16.2. The van der Waals surface area contributed by atoms with Gasteiger partial charge in [-0.05, 0) is 48.7 Å². The number of anilines is 1. The summed E-state index contributed by atoms with van der Waals surface area (Å²) in [5.74, 6) is 0.855. The molecule has 3 heterocycles. The second kappa shape index (κ2) is 6.93. The summed E-state index contributed by atoms with van der Waals surface area (Å²) in [5, 5.41) is 0. The number of aryl methyl sites for hydroxylation is 1. The molecule has 1 aliphatic heterocycles. The van der Waals surface area contributed by atoms with Gasteiger partial charge in [0.15, 0.2) is 0 Å². The quantitative estimate of drug-likeness (QED) is 0.548. The molecular weight excluding hydrogens is 348 g/mol. The van der Waals surface area contributed by atoms with E-state index in [1.807, 2.05) is 64.1 Å². The molecule has 5 rings (SSSR count). The van der Waals surface area contributed by atoms with Crippen LogP contribution < -0.4 is 4.90 Å². The van der Waals surface area contributed by atoms with Crippen LogP contribution in [0, 0.1) is 0 Å². The summed E-state index contributed by atoms with van der Waals surface area (Å²) in [4.78, 5) is 24.2. The minimum Gasteiger partial charge on any atom is -0.314 e. The molecule has 28 heavy (non-hydrogen) atoms. The molecule has 138 valence electrons. The molecule has 4 aromatic rings. The largest absolute Gasteiger partial charge is 0.314 e. The topological polar surface area (TPSA) is 51.0 Å². The summed E-state index contributed by atoms with van der Waals surface area (Å²) in [7, 11) is 0. The Kier molecular flexibility index (Phi) is 4.13. The first kappa shape index (κ1) is 16.7. The van der Waals surface area contributed by atoms with Crippen LogP contribution in [0.3, 0.4) is 0 Å². The number of fused-ring (bicyclic) bond motifs is 2. The maximum absolute atomic E-state index is 13.3. The highest BCUT2D eigenvalue weighted by molar-refractivity contribution is 5.96. The molecule has 0 unspecified atom stereocenters. The molecule has 0 spiro atoms. The second-order valence-corrected chi connectivity index (χ2v) is 7.03. The molecule has 5 nitrogen and oxygen atoms in total. The Morgan fingerprint density at radius 3 is 2.75 bits per heavy atom. The average Bonchev–Trinajstić information content (AvgIpc) is 3.12. The summed E-state index contributed by atoms with van der Waals surface area (Å²) >= 11 is 0. The van der Waals surface area contributed by atoms with Crippen LogP contribution in [0.25, 0.3) is 22.4 Å². The maximum Gasteiger partial charge on any atom is 0.247 e. The van der Waals surface area contributed by atoms with Gasteiger partial charge in [0.25, 0.3) is 0 Å². The molecule has 2 aromatic carbocycles. The van der Waals surface area contributed by atoms with Crippen molar-refractivity contribution in [2.75, 3.05) is 11.4 Å². The number of rotatable bonds is 3. The molecule has 5 heteroatoms. The first-order valence-electron chi connectivity index (χ1n) is 9.55. The van der Waals surface area contributed by atoms with E-state index in [4.69, 9.17) is 4.98 Å². The summed E-state index contributed by atoms with van der Waals surface area (Å²) in [5.41, 5.74) is 5.02. The van der Waals surface area contributed by atoms with E-state index in [2.05, 4.69) is 11.1 Å². The van der Waals surface area contributed by atoms with Crippen molar-refractivity contribution in [3.05, 3.63) is 78.6 Å². The van der Waals surface area contributed by atoms with Crippen LogP contribution in [0.2, 0.25) is 0 Å². The lowest BCUT2D eigenvalue weighted by atomic mass is 10.0. The summed E-state index contributed by atoms with van der Waals surface area (Å²) in [6.07, 6.45) is 5.54. The van der Waals surface area contributed by atoms with Crippen LogP contribution in [0.5, 0.6) is 0 Å². The van der Waals surface area contributed by atoms with Crippen molar-refractivity contribution in [2.24, 2.45) is 0 Å². The van der Waals surface area contributed by atoms with E-state index >= 15 is 0 Å². The van der Waals surface area contributed by atoms with Crippen molar-refractivity contribution in [1.82, 2.24) is 14.5 Å². The van der Waals surface area contributed by atoms with Crippen LogP contribution in [0.15, 0.2) is 73.1 Å². The zero-order valence-corrected chi connectivity index (χ0v) is 15.5. The molecule has 0 atom stereocenters. The molecule has 1 aliphatic rings. The van der Waals surface area contributed by atoms with Gasteiger partial charge in [-0.3, -0.25) is 9.78 Å². The lowest BCUT2D eigenvalue weighted by Gasteiger charge is -2.29. The standard InChI is InChI=1S/C23H20N4O/c28-22(26-14-6-9-17-7-1-3-11-20(17)26)16-27-21-12-4-2-10-19(21)25-23(27)18-8-5-13-24-15-18/h1-5,7-8,10-13,15H,6,9,14,16H2. The van der Waals surface area contributed by atoms with Gasteiger partial charge in [-0.2, -0.15) is 0 Å². The van der Waals surface area contributed by atoms with Gasteiger partial charge in [-0.1, -0.05) is 30.3 Å². The van der Waals surface area contributed by atoms with Gasteiger partial charge in [0.2, 0.25) is 5.91 Å². The minimum atomic E-state index is 0.0837. The van der Waals surface area contributed by atoms with Crippen LogP contribution in [0.1, 0.15) is 12.0 Å². The first-order chi connectivity index (χ1) is 13.8. The predicted molar refractivity (Wildman–Crippen MR) is 110 cm³/mol. The smallest absolute Gasteiger partial charge is 0.247 e. The molecule has 0 radical (unpaired) electrons. The van der Waals surface area contributed by atoms with Crippen molar-refractivity contribution < 1.29 is 4.79 Å². The molecule has 0 fully saturated rings. The number of carbonyl (C=O) groups is 1. The third-order valence-electron chi connectivity index (χ3n) is 5.28. The fourth-order valence-corrected chi connectivity index (χ4v) is 3.96. The molecular formula is C23H20N4O. The normalized spacial score (nSPS) is 13.5. The van der Waals surface area contributed by atoms with E-state index in [9.17, 15) is 4.79 Å². The molecule has 0 N–H and O–H groups in total. The van der Waals surface area contributed by atoms with E-state index in [0.29, 0.717) is 0 Å². The molecule has 0 bridgehead atoms. The van der Waals surface area contributed by atoms with Gasteiger partial charge in [0.05, 0.1) is 11.0 Å². The monoisotopic (exact) mass is 368 g/mol. The third-order valence-corrected chi connectivity index (χ3v) is 5.28. The van der Waals surface area contributed by atoms with Crippen LogP contribution >= 0.6 is 0 Å². The van der Waals surface area contributed by atoms with E-state index in [-0.39, 0.29) is 12.5 Å². The Bertz CT molecular complexity index is 1150. The minimum absolute atomic E-state index is 0.0837. The number of nitrogens with zero attached hydrogens (tertiary/aromatic N) is 4. The number of imidazole rings is 1. The number of pyridine rings is 1. The fourth-order valence-electron chi connectivity index (χ4n) is 3.96. The zero-order valence-electron chi connectivity index (χ0n) is 15.5. The van der Waals surface area contributed by atoms with Crippen molar-refractivity contribution >= 4 is 22.6 Å². The van der Waals surface area contributed by atoms with Gasteiger partial charge in [-0.25, -0.2) is 4.98 Å². The third kappa shape index (κ3) is 2.85. The van der Waals surface area contributed by atoms with Crippen LogP contribution in [0.4, 0.5) is 5.69 Å². The predicted octanol–water partition coefficient (Wildman–Crippen LogP) is 4.08. The summed E-state index contributed by atoms with van der Waals surface area (Å²) in [6.45, 7) is 1.00. The number of hydrogen-bond donors (Lipinski definition) is 0. The Hall–Kier alpha value is -3.47. The Morgan fingerprint density at radius 2 is 1.86 bits per heavy atom. The van der Waals surface area contributed by atoms with Crippen LogP contribution in [-0.2, 0) is 17.8 Å². The average molecular weight is 368 g/mol. The van der Waals surface area contributed by atoms with Gasteiger partial charge in [0.1, 0.15) is 12.4 Å². The van der Waals surface area contributed by atoms with Gasteiger partial charge < -0.3 is 9.47 Å². The SMILES string of the molecule is O=C(Cn1c(-c2cccnc2)nc2ccccc21)N1CCCc2ccccc21. The lowest BCUT2D eigenvalue weighted by molar-refractivity contribution is -0.119. The molecule has 2 aromatic heterocycles. The highest BCUT2D eigenvalue weighted by Crippen LogP contribution is 2.29. The fraction of sp³-hybridized carbons (Fsp3) is 0.174. The van der Waals surface area contributed by atoms with Gasteiger partial charge in [-0.15, -0.1) is 0 Å². The molecule has 1 amide bonds. The van der Waals surface area contributed by atoms with Crippen molar-refractivity contribution in [1.29, 1.82) is 0 Å². The number of hydrogen-bond acceptors (Lipinski definition) is 3. The van der Waals surface area contributed by atoms with E-state index in [0.717, 1.165) is 47.5 Å². The highest BCUT2D eigenvalue weighted by Gasteiger charge is 2.24. The number of aromatic nitrogens is 3. The van der Waals surface area contributed by atoms with E-state index < -0.39 is 0 Å². The maximum atomic E-state index is 13.3. The summed E-state index contributed by atoms with van der Waals surface area (Å²) in [6, 6.07) is 20.0. The number of para-hydroxylation sites is 3. The lowest BCUT2D eigenvalue weighted by Crippen LogP contribution is -2.37. The number of benzene rings is 2. The van der Waals surface area contributed by atoms with E-state index in [1.165, 1.54) is 5.56 Å². The van der Waals surface area contributed by atoms with Crippen molar-refractivity contribution in [2.45, 2.75) is 19.4 Å². The zero-order chi connectivity index (χ0) is 18.9. The van der Waals surface area contributed by atoms with Crippen molar-refractivity contribution in [3.63, 3.8) is 0 Å². The summed E-state index contributed by atoms with van der Waals surface area (Å²) < 4.78 is 2.01. The number of amides is 1. The van der Waals surface area contributed by atoms with E-state index in [1.54, 1.807) is 12.4 Å².